The molecular weight excluding hydrogens is 412 g/mol. The lowest BCUT2D eigenvalue weighted by Gasteiger charge is -2.12. The highest BCUT2D eigenvalue weighted by Crippen LogP contribution is 2.29. The third-order valence-corrected chi connectivity index (χ3v) is 5.30. The Labute approximate surface area is 186 Å². The highest BCUT2D eigenvalue weighted by molar-refractivity contribution is 7.09. The Morgan fingerprint density at radius 2 is 1.68 bits per heavy atom. The zero-order chi connectivity index (χ0) is 22.1. The van der Waals surface area contributed by atoms with E-state index in [1.165, 1.54) is 0 Å². The summed E-state index contributed by atoms with van der Waals surface area (Å²) in [6.45, 7) is 5.31. The summed E-state index contributed by atoms with van der Waals surface area (Å²) in [5.41, 5.74) is 2.00. The molecule has 3 aromatic rings. The van der Waals surface area contributed by atoms with Gasteiger partial charge >= 0.3 is 0 Å². The van der Waals surface area contributed by atoms with Crippen molar-refractivity contribution in [2.75, 3.05) is 18.5 Å². The number of amides is 2. The van der Waals surface area contributed by atoms with Crippen LogP contribution in [0.2, 0.25) is 0 Å². The van der Waals surface area contributed by atoms with Crippen LogP contribution in [-0.4, -0.2) is 25.0 Å². The van der Waals surface area contributed by atoms with E-state index in [0.717, 1.165) is 10.4 Å². The van der Waals surface area contributed by atoms with Gasteiger partial charge < -0.3 is 20.1 Å². The maximum atomic E-state index is 12.6. The molecule has 0 aliphatic carbocycles. The maximum absolute atomic E-state index is 12.6. The quantitative estimate of drug-likeness (QED) is 0.483. The topological polar surface area (TPSA) is 76.7 Å². The Balaban J connectivity index is 1.57. The number of ether oxygens (including phenoxy) is 2. The van der Waals surface area contributed by atoms with Crippen molar-refractivity contribution in [3.05, 3.63) is 76.0 Å². The van der Waals surface area contributed by atoms with Gasteiger partial charge in [0.2, 0.25) is 5.91 Å². The van der Waals surface area contributed by atoms with Crippen molar-refractivity contribution < 1.29 is 19.1 Å². The Bertz CT molecular complexity index is 1000. The van der Waals surface area contributed by atoms with E-state index in [-0.39, 0.29) is 18.2 Å². The van der Waals surface area contributed by atoms with Crippen molar-refractivity contribution in [1.82, 2.24) is 5.32 Å². The molecule has 6 nitrogen and oxygen atoms in total. The summed E-state index contributed by atoms with van der Waals surface area (Å²) < 4.78 is 11.1. The molecule has 0 radical (unpaired) electrons. The second kappa shape index (κ2) is 11.2. The van der Waals surface area contributed by atoms with Crippen LogP contribution in [0.1, 0.15) is 34.6 Å². The third kappa shape index (κ3) is 6.58. The molecule has 0 saturated heterocycles. The Hall–Kier alpha value is -3.32. The van der Waals surface area contributed by atoms with E-state index in [0.29, 0.717) is 42.5 Å². The summed E-state index contributed by atoms with van der Waals surface area (Å²) in [7, 11) is 0. The molecule has 7 heteroatoms. The van der Waals surface area contributed by atoms with Crippen LogP contribution in [0.25, 0.3) is 0 Å². The predicted molar refractivity (Wildman–Crippen MR) is 123 cm³/mol. The molecule has 2 aromatic carbocycles. The van der Waals surface area contributed by atoms with Crippen LogP contribution < -0.4 is 20.1 Å². The molecule has 162 valence electrons. The number of thiophene rings is 1. The van der Waals surface area contributed by atoms with Crippen molar-refractivity contribution >= 4 is 28.8 Å². The zero-order valence-corrected chi connectivity index (χ0v) is 18.5. The van der Waals surface area contributed by atoms with Gasteiger partial charge in [-0.2, -0.15) is 0 Å². The fraction of sp³-hybridized carbons (Fsp3) is 0.250. The highest BCUT2D eigenvalue weighted by atomic mass is 32.1. The van der Waals surface area contributed by atoms with Crippen LogP contribution in [0.15, 0.2) is 60.0 Å². The van der Waals surface area contributed by atoms with Gasteiger partial charge in [0, 0.05) is 16.1 Å². The molecule has 0 aliphatic rings. The van der Waals surface area contributed by atoms with Gasteiger partial charge in [-0.05, 0) is 61.2 Å². The predicted octanol–water partition coefficient (Wildman–Crippen LogP) is 4.66. The lowest BCUT2D eigenvalue weighted by atomic mass is 10.1. The van der Waals surface area contributed by atoms with Crippen molar-refractivity contribution in [3.8, 4) is 11.5 Å². The van der Waals surface area contributed by atoms with Gasteiger partial charge in [0.25, 0.3) is 5.91 Å². The Kier molecular flexibility index (Phi) is 8.06. The lowest BCUT2D eigenvalue weighted by Crippen LogP contribution is -2.24. The Morgan fingerprint density at radius 1 is 0.935 bits per heavy atom. The van der Waals surface area contributed by atoms with Gasteiger partial charge in [0.15, 0.2) is 11.5 Å². The number of benzene rings is 2. The monoisotopic (exact) mass is 438 g/mol. The molecule has 0 bridgehead atoms. The van der Waals surface area contributed by atoms with Crippen LogP contribution >= 0.6 is 11.3 Å². The van der Waals surface area contributed by atoms with E-state index in [1.807, 2.05) is 43.5 Å². The number of anilines is 1. The minimum absolute atomic E-state index is 0.0389. The summed E-state index contributed by atoms with van der Waals surface area (Å²) >= 11 is 1.61. The maximum Gasteiger partial charge on any atom is 0.255 e. The van der Waals surface area contributed by atoms with Crippen LogP contribution in [0, 0.1) is 0 Å². The van der Waals surface area contributed by atoms with Crippen LogP contribution in [0.3, 0.4) is 0 Å². The first-order chi connectivity index (χ1) is 15.1. The first kappa shape index (κ1) is 22.4. The highest BCUT2D eigenvalue weighted by Gasteiger charge is 2.12. The molecule has 31 heavy (non-hydrogen) atoms. The fourth-order valence-electron chi connectivity index (χ4n) is 2.95. The van der Waals surface area contributed by atoms with Crippen LogP contribution in [-0.2, 0) is 17.8 Å². The SMILES string of the molecule is CCOc1ccc(C(=O)Nc2ccc(CC(=O)NCc3cccs3)cc2)cc1OCC. The molecule has 2 amide bonds. The van der Waals surface area contributed by atoms with Crippen LogP contribution in [0.5, 0.6) is 11.5 Å². The average Bonchev–Trinajstić information content (AvgIpc) is 3.29. The largest absolute Gasteiger partial charge is 0.490 e. The number of carbonyl (C=O) groups is 2. The standard InChI is InChI=1S/C24H26N2O4S/c1-3-29-21-12-9-18(15-22(21)30-4-2)24(28)26-19-10-7-17(8-11-19)14-23(27)25-16-20-6-5-13-31-20/h5-13,15H,3-4,14,16H2,1-2H3,(H,25,27)(H,26,28). The van der Waals surface area contributed by atoms with E-state index < -0.39 is 0 Å². The molecule has 0 fully saturated rings. The summed E-state index contributed by atoms with van der Waals surface area (Å²) in [4.78, 5) is 25.9. The first-order valence-corrected chi connectivity index (χ1v) is 11.1. The van der Waals surface area contributed by atoms with Gasteiger partial charge in [0.05, 0.1) is 26.2 Å². The molecular formula is C24H26N2O4S. The van der Waals surface area contributed by atoms with E-state index in [2.05, 4.69) is 10.6 Å². The fourth-order valence-corrected chi connectivity index (χ4v) is 3.59. The molecule has 0 atom stereocenters. The number of hydrogen-bond acceptors (Lipinski definition) is 5. The van der Waals surface area contributed by atoms with Gasteiger partial charge in [0.1, 0.15) is 0 Å². The van der Waals surface area contributed by atoms with Gasteiger partial charge in [-0.15, -0.1) is 11.3 Å². The number of carbonyl (C=O) groups excluding carboxylic acids is 2. The molecule has 3 rings (SSSR count). The molecule has 0 spiro atoms. The molecule has 0 unspecified atom stereocenters. The molecule has 2 N–H and O–H groups in total. The number of rotatable bonds is 10. The van der Waals surface area contributed by atoms with Crippen molar-refractivity contribution in [2.24, 2.45) is 0 Å². The smallest absolute Gasteiger partial charge is 0.255 e. The molecule has 1 aromatic heterocycles. The van der Waals surface area contributed by atoms with E-state index in [1.54, 1.807) is 41.7 Å². The van der Waals surface area contributed by atoms with Crippen molar-refractivity contribution in [2.45, 2.75) is 26.8 Å². The van der Waals surface area contributed by atoms with Crippen molar-refractivity contribution in [3.63, 3.8) is 0 Å². The van der Waals surface area contributed by atoms with E-state index in [4.69, 9.17) is 9.47 Å². The normalized spacial score (nSPS) is 10.4. The minimum atomic E-state index is -0.245. The first-order valence-electron chi connectivity index (χ1n) is 10.2. The average molecular weight is 439 g/mol. The molecule has 0 aliphatic heterocycles. The van der Waals surface area contributed by atoms with Gasteiger partial charge in [-0.3, -0.25) is 9.59 Å². The Morgan fingerprint density at radius 3 is 2.35 bits per heavy atom. The number of nitrogens with one attached hydrogen (secondary N) is 2. The second-order valence-electron chi connectivity index (χ2n) is 6.71. The minimum Gasteiger partial charge on any atom is -0.490 e. The van der Waals surface area contributed by atoms with Crippen molar-refractivity contribution in [1.29, 1.82) is 0 Å². The molecule has 0 saturated carbocycles. The molecule has 1 heterocycles. The third-order valence-electron chi connectivity index (χ3n) is 4.42. The summed E-state index contributed by atoms with van der Waals surface area (Å²) in [5.74, 6) is 0.872. The van der Waals surface area contributed by atoms with Crippen LogP contribution in [0.4, 0.5) is 5.69 Å². The summed E-state index contributed by atoms with van der Waals surface area (Å²) in [6.07, 6.45) is 0.288. The second-order valence-corrected chi connectivity index (χ2v) is 7.74. The zero-order valence-electron chi connectivity index (χ0n) is 17.6. The van der Waals surface area contributed by atoms with Gasteiger partial charge in [-0.25, -0.2) is 0 Å². The number of hydrogen-bond donors (Lipinski definition) is 2. The lowest BCUT2D eigenvalue weighted by molar-refractivity contribution is -0.120. The van der Waals surface area contributed by atoms with Gasteiger partial charge in [-0.1, -0.05) is 18.2 Å². The van der Waals surface area contributed by atoms with E-state index >= 15 is 0 Å². The summed E-state index contributed by atoms with van der Waals surface area (Å²) in [5, 5.41) is 7.76. The van der Waals surface area contributed by atoms with E-state index in [9.17, 15) is 9.59 Å². The summed E-state index contributed by atoms with van der Waals surface area (Å²) in [6, 6.07) is 16.3.